The summed E-state index contributed by atoms with van der Waals surface area (Å²) in [5.74, 6) is -0.192. The van der Waals surface area contributed by atoms with Crippen molar-refractivity contribution in [3.63, 3.8) is 0 Å². The first-order valence-electron chi connectivity index (χ1n) is 5.53. The van der Waals surface area contributed by atoms with Crippen molar-refractivity contribution in [1.29, 1.82) is 0 Å². The third kappa shape index (κ3) is 3.42. The quantitative estimate of drug-likeness (QED) is 0.857. The Hall–Kier alpha value is -1.16. The first kappa shape index (κ1) is 13.3. The molecule has 0 bridgehead atoms. The zero-order valence-corrected chi connectivity index (χ0v) is 11.3. The molecule has 94 valence electrons. The van der Waals surface area contributed by atoms with Crippen LogP contribution in [0.1, 0.15) is 5.56 Å². The predicted octanol–water partition coefficient (Wildman–Crippen LogP) is 4.40. The maximum atomic E-state index is 13.7. The van der Waals surface area contributed by atoms with E-state index >= 15 is 0 Å². The van der Waals surface area contributed by atoms with Gasteiger partial charge in [0.15, 0.2) is 0 Å². The number of benzene rings is 1. The SMILES string of the molecule is C=C(Cl)CNCc1ccc(F)c(-c2cccs2)c1. The van der Waals surface area contributed by atoms with Crippen LogP contribution in [0.3, 0.4) is 0 Å². The molecule has 0 aliphatic rings. The second kappa shape index (κ2) is 6.14. The van der Waals surface area contributed by atoms with Crippen LogP contribution in [0.25, 0.3) is 10.4 Å². The molecule has 0 aliphatic carbocycles. The Balaban J connectivity index is 2.14. The molecule has 0 fully saturated rings. The zero-order valence-electron chi connectivity index (χ0n) is 9.75. The number of halogens is 2. The fraction of sp³-hybridized carbons (Fsp3) is 0.143. The number of rotatable bonds is 5. The second-order valence-corrected chi connectivity index (χ2v) is 5.39. The molecular formula is C14H13ClFNS. The van der Waals surface area contributed by atoms with Crippen LogP contribution in [0, 0.1) is 5.82 Å². The van der Waals surface area contributed by atoms with E-state index < -0.39 is 0 Å². The molecule has 1 aromatic heterocycles. The lowest BCUT2D eigenvalue weighted by molar-refractivity contribution is 0.630. The Kier molecular flexibility index (Phi) is 4.53. The predicted molar refractivity (Wildman–Crippen MR) is 76.4 cm³/mol. The molecule has 1 aromatic carbocycles. The molecule has 0 radical (unpaired) electrons. The molecule has 4 heteroatoms. The fourth-order valence-electron chi connectivity index (χ4n) is 1.65. The minimum atomic E-state index is -0.192. The van der Waals surface area contributed by atoms with E-state index in [1.807, 2.05) is 23.6 Å². The van der Waals surface area contributed by atoms with Crippen molar-refractivity contribution in [2.75, 3.05) is 6.54 Å². The van der Waals surface area contributed by atoms with Crippen LogP contribution in [0.2, 0.25) is 0 Å². The molecule has 2 aromatic rings. The summed E-state index contributed by atoms with van der Waals surface area (Å²) >= 11 is 7.20. The number of nitrogens with one attached hydrogen (secondary N) is 1. The van der Waals surface area contributed by atoms with Crippen LogP contribution in [0.4, 0.5) is 4.39 Å². The average molecular weight is 282 g/mol. The molecule has 0 saturated heterocycles. The fourth-order valence-corrected chi connectivity index (χ4v) is 2.48. The van der Waals surface area contributed by atoms with Gasteiger partial charge in [-0.05, 0) is 29.1 Å². The van der Waals surface area contributed by atoms with E-state index in [0.717, 1.165) is 10.4 Å². The van der Waals surface area contributed by atoms with Gasteiger partial charge in [-0.2, -0.15) is 0 Å². The third-order valence-corrected chi connectivity index (χ3v) is 3.50. The average Bonchev–Trinajstić information content (AvgIpc) is 2.84. The molecule has 1 heterocycles. The molecule has 0 unspecified atom stereocenters. The van der Waals surface area contributed by atoms with Crippen LogP contribution in [0.15, 0.2) is 47.3 Å². The van der Waals surface area contributed by atoms with Crippen molar-refractivity contribution in [1.82, 2.24) is 5.32 Å². The molecule has 0 amide bonds. The molecule has 0 aliphatic heterocycles. The van der Waals surface area contributed by atoms with E-state index in [9.17, 15) is 4.39 Å². The largest absolute Gasteiger partial charge is 0.308 e. The monoisotopic (exact) mass is 281 g/mol. The van der Waals surface area contributed by atoms with Gasteiger partial charge in [-0.1, -0.05) is 30.3 Å². The van der Waals surface area contributed by atoms with Gasteiger partial charge in [0.25, 0.3) is 0 Å². The highest BCUT2D eigenvalue weighted by Crippen LogP contribution is 2.28. The Morgan fingerprint density at radius 3 is 2.89 bits per heavy atom. The maximum absolute atomic E-state index is 13.7. The Morgan fingerprint density at radius 2 is 2.22 bits per heavy atom. The van der Waals surface area contributed by atoms with E-state index in [4.69, 9.17) is 11.6 Å². The molecule has 1 nitrogen and oxygen atoms in total. The van der Waals surface area contributed by atoms with E-state index in [-0.39, 0.29) is 5.82 Å². The van der Waals surface area contributed by atoms with E-state index in [1.54, 1.807) is 6.07 Å². The number of thiophene rings is 1. The third-order valence-electron chi connectivity index (χ3n) is 2.46. The summed E-state index contributed by atoms with van der Waals surface area (Å²) in [6.45, 7) is 4.80. The topological polar surface area (TPSA) is 12.0 Å². The van der Waals surface area contributed by atoms with Crippen LogP contribution in [-0.4, -0.2) is 6.54 Å². The van der Waals surface area contributed by atoms with Crippen molar-refractivity contribution in [3.8, 4) is 10.4 Å². The molecule has 0 spiro atoms. The standard InChI is InChI=1S/C14H13ClFNS/c1-10(15)8-17-9-11-4-5-13(16)12(7-11)14-3-2-6-18-14/h2-7,17H,1,8-9H2. The van der Waals surface area contributed by atoms with E-state index in [2.05, 4.69) is 11.9 Å². The summed E-state index contributed by atoms with van der Waals surface area (Å²) in [4.78, 5) is 0.941. The van der Waals surface area contributed by atoms with Crippen LogP contribution >= 0.6 is 22.9 Å². The summed E-state index contributed by atoms with van der Waals surface area (Å²) in [6, 6.07) is 8.98. The van der Waals surface area contributed by atoms with Gasteiger partial charge in [-0.25, -0.2) is 4.39 Å². The lowest BCUT2D eigenvalue weighted by Crippen LogP contribution is -2.14. The van der Waals surface area contributed by atoms with Gasteiger partial charge in [0.05, 0.1) is 0 Å². The van der Waals surface area contributed by atoms with Gasteiger partial charge in [-0.15, -0.1) is 11.3 Å². The Bertz CT molecular complexity index is 537. The second-order valence-electron chi connectivity index (χ2n) is 3.91. The molecule has 0 atom stereocenters. The summed E-state index contributed by atoms with van der Waals surface area (Å²) in [7, 11) is 0. The van der Waals surface area contributed by atoms with Gasteiger partial charge in [0.1, 0.15) is 5.82 Å². The van der Waals surface area contributed by atoms with Gasteiger partial charge in [0, 0.05) is 28.6 Å². The lowest BCUT2D eigenvalue weighted by Gasteiger charge is -2.06. The lowest BCUT2D eigenvalue weighted by atomic mass is 10.1. The summed E-state index contributed by atoms with van der Waals surface area (Å²) < 4.78 is 13.7. The maximum Gasteiger partial charge on any atom is 0.131 e. The number of hydrogen-bond acceptors (Lipinski definition) is 2. The molecule has 18 heavy (non-hydrogen) atoms. The summed E-state index contributed by atoms with van der Waals surface area (Å²) in [6.07, 6.45) is 0. The molecule has 2 rings (SSSR count). The first-order valence-corrected chi connectivity index (χ1v) is 6.79. The molecule has 0 saturated carbocycles. The highest BCUT2D eigenvalue weighted by Gasteiger charge is 2.07. The molecular weight excluding hydrogens is 269 g/mol. The summed E-state index contributed by atoms with van der Waals surface area (Å²) in [5.41, 5.74) is 1.67. The smallest absolute Gasteiger partial charge is 0.131 e. The van der Waals surface area contributed by atoms with Crippen LogP contribution in [0.5, 0.6) is 0 Å². The normalized spacial score (nSPS) is 10.6. The van der Waals surface area contributed by atoms with Crippen molar-refractivity contribution in [2.24, 2.45) is 0 Å². The van der Waals surface area contributed by atoms with Gasteiger partial charge in [0.2, 0.25) is 0 Å². The summed E-state index contributed by atoms with van der Waals surface area (Å²) in [5, 5.41) is 5.65. The van der Waals surface area contributed by atoms with E-state index in [1.165, 1.54) is 17.4 Å². The van der Waals surface area contributed by atoms with Crippen LogP contribution in [-0.2, 0) is 6.54 Å². The minimum Gasteiger partial charge on any atom is -0.308 e. The van der Waals surface area contributed by atoms with E-state index in [0.29, 0.717) is 23.7 Å². The minimum absolute atomic E-state index is 0.192. The first-order chi connectivity index (χ1) is 8.66. The van der Waals surface area contributed by atoms with Crippen molar-refractivity contribution >= 4 is 22.9 Å². The van der Waals surface area contributed by atoms with Gasteiger partial charge >= 0.3 is 0 Å². The molecule has 1 N–H and O–H groups in total. The zero-order chi connectivity index (χ0) is 13.0. The Labute approximate surface area is 115 Å². The van der Waals surface area contributed by atoms with Crippen molar-refractivity contribution in [2.45, 2.75) is 6.54 Å². The van der Waals surface area contributed by atoms with Crippen LogP contribution < -0.4 is 5.32 Å². The van der Waals surface area contributed by atoms with Crippen molar-refractivity contribution in [3.05, 3.63) is 58.7 Å². The number of hydrogen-bond donors (Lipinski definition) is 1. The van der Waals surface area contributed by atoms with Gasteiger partial charge < -0.3 is 5.32 Å². The van der Waals surface area contributed by atoms with Gasteiger partial charge in [-0.3, -0.25) is 0 Å². The highest BCUT2D eigenvalue weighted by atomic mass is 35.5. The van der Waals surface area contributed by atoms with Crippen molar-refractivity contribution < 1.29 is 4.39 Å². The Morgan fingerprint density at radius 1 is 1.39 bits per heavy atom. The highest BCUT2D eigenvalue weighted by molar-refractivity contribution is 7.13.